The van der Waals surface area contributed by atoms with Crippen molar-refractivity contribution in [2.24, 2.45) is 0 Å². The van der Waals surface area contributed by atoms with Gasteiger partial charge in [-0.1, -0.05) is 0 Å². The molecule has 0 aliphatic rings. The molecule has 0 nitrogen and oxygen atoms in total. The molecule has 0 aromatic rings. The number of rotatable bonds is 0. The molecule has 0 spiro atoms. The van der Waals surface area contributed by atoms with Crippen LogP contribution < -0.4 is 0 Å². The van der Waals surface area contributed by atoms with Gasteiger partial charge in [0.2, 0.25) is 0 Å². The fourth-order valence-electron chi connectivity index (χ4n) is 0. The van der Waals surface area contributed by atoms with Crippen molar-refractivity contribution in [3.63, 3.8) is 0 Å². The molecule has 0 saturated heterocycles. The molecule has 0 N–H and O–H groups in total. The van der Waals surface area contributed by atoms with E-state index < -0.39 is 0 Å². The Kier molecular flexibility index (Phi) is 144. The molecule has 0 bridgehead atoms. The van der Waals surface area contributed by atoms with Crippen LogP contribution in [0.4, 0.5) is 0 Å². The predicted molar refractivity (Wildman–Crippen MR) is 0 cm³/mol. The van der Waals surface area contributed by atoms with Gasteiger partial charge in [0.25, 0.3) is 0 Å². The van der Waals surface area contributed by atoms with Crippen molar-refractivity contribution in [3.05, 3.63) is 0 Å². The summed E-state index contributed by atoms with van der Waals surface area (Å²) < 4.78 is 0. The molecule has 0 unspecified atom stereocenters. The number of hydrogen-bond donors (Lipinski definition) is 0. The van der Waals surface area contributed by atoms with E-state index >= 15 is 0 Å². The summed E-state index contributed by atoms with van der Waals surface area (Å²) in [6, 6.07) is 0. The maximum absolute atomic E-state index is 0. The minimum absolute atomic E-state index is 0. The van der Waals surface area contributed by atoms with E-state index in [9.17, 15) is 0 Å². The zero-order chi connectivity index (χ0) is 0. The van der Waals surface area contributed by atoms with E-state index in [0.717, 1.165) is 0 Å². The van der Waals surface area contributed by atoms with Gasteiger partial charge in [-0.3, -0.25) is 0 Å². The van der Waals surface area contributed by atoms with Gasteiger partial charge in [0.1, 0.15) is 0 Å². The summed E-state index contributed by atoms with van der Waals surface area (Å²) in [6.45, 7) is 0. The van der Waals surface area contributed by atoms with E-state index in [-0.39, 0.29) is 76.9 Å². The Morgan fingerprint density at radius 3 is 1.00 bits per heavy atom. The van der Waals surface area contributed by atoms with Crippen LogP contribution in [0, 0.1) is 0 Å². The molecular weight excluding hydrogens is 255 g/mol. The average Bonchev–Trinajstić information content (AvgIpc) is 0. The number of hydrogen-bond acceptors (Lipinski definition) is 0. The standard InChI is InChI=1S/Co.Cr.Mo.Ti. The molecule has 0 rings (SSSR count). The topological polar surface area (TPSA) is 0 Å². The van der Waals surface area contributed by atoms with Crippen LogP contribution in [0.15, 0.2) is 0 Å². The summed E-state index contributed by atoms with van der Waals surface area (Å²) >= 11 is 0. The molecule has 4 heavy (non-hydrogen) atoms. The van der Waals surface area contributed by atoms with E-state index in [0.29, 0.717) is 0 Å². The normalized spacial score (nSPS) is 0. The van der Waals surface area contributed by atoms with E-state index in [2.05, 4.69) is 0 Å². The van der Waals surface area contributed by atoms with Crippen molar-refractivity contribution in [1.82, 2.24) is 0 Å². The molecule has 0 aliphatic heterocycles. The minimum atomic E-state index is 0. The predicted octanol–water partition coefficient (Wildman–Crippen LogP) is -0.0100. The van der Waals surface area contributed by atoms with Crippen molar-refractivity contribution < 1.29 is 76.9 Å². The summed E-state index contributed by atoms with van der Waals surface area (Å²) in [6.07, 6.45) is 0. The van der Waals surface area contributed by atoms with Crippen molar-refractivity contribution in [3.8, 4) is 0 Å². The van der Waals surface area contributed by atoms with Gasteiger partial charge in [0.05, 0.1) is 0 Å². The fourth-order valence-corrected chi connectivity index (χ4v) is 0. The summed E-state index contributed by atoms with van der Waals surface area (Å²) in [5.74, 6) is 0. The van der Waals surface area contributed by atoms with Crippen LogP contribution in [0.5, 0.6) is 0 Å². The second-order valence-electron chi connectivity index (χ2n) is 0. The third-order valence-corrected chi connectivity index (χ3v) is 0. The Morgan fingerprint density at radius 2 is 1.00 bits per heavy atom. The SMILES string of the molecule is [Co].[Cr].[Mo].[Ti]. The molecular formula is CoCrMoTi. The molecule has 0 saturated carbocycles. The first-order valence-electron chi connectivity index (χ1n) is 0. The van der Waals surface area contributed by atoms with Gasteiger partial charge in [0, 0.05) is 76.9 Å². The molecule has 0 aromatic heterocycles. The Morgan fingerprint density at radius 1 is 1.00 bits per heavy atom. The molecule has 25 valence electrons. The average molecular weight is 255 g/mol. The molecule has 0 aromatic carbocycles. The first-order valence-corrected chi connectivity index (χ1v) is 0. The van der Waals surface area contributed by atoms with E-state index in [1.807, 2.05) is 0 Å². The summed E-state index contributed by atoms with van der Waals surface area (Å²) in [5.41, 5.74) is 0. The first-order chi connectivity index (χ1) is 0. The molecule has 0 amide bonds. The Balaban J connectivity index is 0. The van der Waals surface area contributed by atoms with Crippen molar-refractivity contribution in [1.29, 1.82) is 0 Å². The van der Waals surface area contributed by atoms with Gasteiger partial charge in [-0.05, 0) is 0 Å². The van der Waals surface area contributed by atoms with Crippen molar-refractivity contribution >= 4 is 0 Å². The minimum Gasteiger partial charge on any atom is 0 e. The Hall–Kier alpha value is 2.44. The zero-order valence-electron chi connectivity index (χ0n) is 1.65. The monoisotopic (exact) mass is 257 g/mol. The maximum Gasteiger partial charge on any atom is 0 e. The first kappa shape index (κ1) is 32.0. The molecule has 0 fully saturated rings. The van der Waals surface area contributed by atoms with Crippen molar-refractivity contribution in [2.45, 2.75) is 0 Å². The third kappa shape index (κ3) is 8.82. The van der Waals surface area contributed by atoms with Crippen molar-refractivity contribution in [2.75, 3.05) is 0 Å². The maximum atomic E-state index is 0. The molecule has 0 heterocycles. The van der Waals surface area contributed by atoms with Gasteiger partial charge in [-0.2, -0.15) is 0 Å². The molecule has 0 aliphatic carbocycles. The molecule has 1 radical (unpaired) electrons. The van der Waals surface area contributed by atoms with Gasteiger partial charge < -0.3 is 0 Å². The quantitative estimate of drug-likeness (QED) is 0.534. The van der Waals surface area contributed by atoms with Crippen LogP contribution in [0.1, 0.15) is 0 Å². The van der Waals surface area contributed by atoms with Gasteiger partial charge in [0.15, 0.2) is 0 Å². The van der Waals surface area contributed by atoms with Gasteiger partial charge >= 0.3 is 0 Å². The second kappa shape index (κ2) is 18.0. The van der Waals surface area contributed by atoms with Crippen LogP contribution in [-0.2, 0) is 76.9 Å². The van der Waals surface area contributed by atoms with Crippen LogP contribution in [0.3, 0.4) is 0 Å². The molecule has 4 heteroatoms. The van der Waals surface area contributed by atoms with Crippen LogP contribution in [0.2, 0.25) is 0 Å². The Labute approximate surface area is 76.0 Å². The molecule has 0 atom stereocenters. The second-order valence-corrected chi connectivity index (χ2v) is 0. The van der Waals surface area contributed by atoms with E-state index in [4.69, 9.17) is 0 Å². The summed E-state index contributed by atoms with van der Waals surface area (Å²) in [5, 5.41) is 0. The van der Waals surface area contributed by atoms with E-state index in [1.54, 1.807) is 0 Å². The smallest absolute Gasteiger partial charge is 0 e. The zero-order valence-corrected chi connectivity index (χ0v) is 7.53. The van der Waals surface area contributed by atoms with Gasteiger partial charge in [-0.15, -0.1) is 0 Å². The van der Waals surface area contributed by atoms with Crippen LogP contribution in [0.25, 0.3) is 0 Å². The fraction of sp³-hybridized carbons (Fsp3) is 0. The van der Waals surface area contributed by atoms with E-state index in [1.165, 1.54) is 0 Å². The van der Waals surface area contributed by atoms with Crippen LogP contribution in [-0.4, -0.2) is 0 Å². The Bertz CT molecular complexity index is 8.00. The largest absolute Gasteiger partial charge is 0 e. The van der Waals surface area contributed by atoms with Crippen LogP contribution >= 0.6 is 0 Å². The third-order valence-electron chi connectivity index (χ3n) is 0. The van der Waals surface area contributed by atoms with Gasteiger partial charge in [-0.25, -0.2) is 0 Å². The summed E-state index contributed by atoms with van der Waals surface area (Å²) in [7, 11) is 0. The summed E-state index contributed by atoms with van der Waals surface area (Å²) in [4.78, 5) is 0.